The van der Waals surface area contributed by atoms with Gasteiger partial charge in [0.2, 0.25) is 11.8 Å². The number of aromatic hydroxyl groups is 1. The van der Waals surface area contributed by atoms with Gasteiger partial charge in [0.1, 0.15) is 17.4 Å². The minimum absolute atomic E-state index is 0.0904. The Morgan fingerprint density at radius 2 is 1.93 bits per heavy atom. The van der Waals surface area contributed by atoms with Gasteiger partial charge in [0.05, 0.1) is 6.42 Å². The molecular formula is C18H22N2O7S2. The largest absolute Gasteiger partial charge is 0.507 e. The first-order valence-corrected chi connectivity index (χ1v) is 11.3. The number of carboxylic acids is 2. The van der Waals surface area contributed by atoms with Crippen LogP contribution in [0.5, 0.6) is 5.75 Å². The molecule has 1 aliphatic rings. The summed E-state index contributed by atoms with van der Waals surface area (Å²) in [6.45, 7) is 0. The van der Waals surface area contributed by atoms with Crippen LogP contribution in [0.25, 0.3) is 0 Å². The van der Waals surface area contributed by atoms with Crippen molar-refractivity contribution in [2.24, 2.45) is 0 Å². The third-order valence-corrected chi connectivity index (χ3v) is 7.20. The quantitative estimate of drug-likeness (QED) is 0.271. The molecule has 0 spiro atoms. The lowest BCUT2D eigenvalue weighted by molar-refractivity contribution is -0.143. The molecule has 0 bridgehead atoms. The molecular weight excluding hydrogens is 420 g/mol. The number of benzene rings is 1. The van der Waals surface area contributed by atoms with Crippen molar-refractivity contribution in [2.75, 3.05) is 11.1 Å². The Hall–Kier alpha value is -2.40. The third kappa shape index (κ3) is 7.50. The number of nitrogens with one attached hydrogen (secondary N) is 2. The molecule has 5 N–H and O–H groups in total. The van der Waals surface area contributed by atoms with Crippen LogP contribution in [0.15, 0.2) is 18.2 Å². The van der Waals surface area contributed by atoms with Gasteiger partial charge in [0, 0.05) is 23.1 Å². The van der Waals surface area contributed by atoms with Crippen molar-refractivity contribution in [3.8, 4) is 5.75 Å². The topological polar surface area (TPSA) is 153 Å². The Morgan fingerprint density at radius 1 is 1.17 bits per heavy atom. The Morgan fingerprint density at radius 3 is 2.55 bits per heavy atom. The molecule has 0 saturated carbocycles. The van der Waals surface area contributed by atoms with Crippen LogP contribution in [0.1, 0.15) is 42.5 Å². The van der Waals surface area contributed by atoms with E-state index in [0.717, 1.165) is 30.7 Å². The predicted octanol–water partition coefficient (Wildman–Crippen LogP) is 2.31. The summed E-state index contributed by atoms with van der Waals surface area (Å²) in [5.41, 5.74) is -0.308. The van der Waals surface area contributed by atoms with E-state index in [1.165, 1.54) is 6.07 Å². The second-order valence-corrected chi connectivity index (χ2v) is 9.26. The number of carbonyl (C=O) groups is 4. The summed E-state index contributed by atoms with van der Waals surface area (Å²) in [4.78, 5) is 46.5. The maximum atomic E-state index is 12.1. The predicted molar refractivity (Wildman–Crippen MR) is 110 cm³/mol. The number of aliphatic carboxylic acids is 1. The van der Waals surface area contributed by atoms with Crippen molar-refractivity contribution in [2.45, 2.75) is 43.4 Å². The first-order chi connectivity index (χ1) is 13.8. The maximum Gasteiger partial charge on any atom is 0.339 e. The Labute approximate surface area is 175 Å². The van der Waals surface area contributed by atoms with E-state index in [4.69, 9.17) is 5.11 Å². The number of phenols is 1. The zero-order valence-electron chi connectivity index (χ0n) is 15.4. The summed E-state index contributed by atoms with van der Waals surface area (Å²) in [6, 6.07) is 2.06. The Bertz CT molecular complexity index is 781. The summed E-state index contributed by atoms with van der Waals surface area (Å²) in [5.74, 6) is -3.21. The molecule has 0 aromatic heterocycles. The van der Waals surface area contributed by atoms with E-state index in [-0.39, 0.29) is 12.1 Å². The van der Waals surface area contributed by atoms with E-state index in [0.29, 0.717) is 11.7 Å². The number of rotatable bonds is 10. The van der Waals surface area contributed by atoms with Crippen LogP contribution in [-0.4, -0.2) is 56.1 Å². The van der Waals surface area contributed by atoms with Gasteiger partial charge in [-0.25, -0.2) is 9.59 Å². The molecule has 158 valence electrons. The first kappa shape index (κ1) is 22.9. The zero-order valence-corrected chi connectivity index (χ0v) is 17.1. The van der Waals surface area contributed by atoms with E-state index < -0.39 is 47.5 Å². The van der Waals surface area contributed by atoms with Crippen LogP contribution in [0, 0.1) is 0 Å². The van der Waals surface area contributed by atoms with Crippen LogP contribution in [0.2, 0.25) is 0 Å². The van der Waals surface area contributed by atoms with Gasteiger partial charge >= 0.3 is 11.9 Å². The van der Waals surface area contributed by atoms with E-state index in [1.54, 1.807) is 0 Å². The lowest BCUT2D eigenvalue weighted by Crippen LogP contribution is -2.43. The van der Waals surface area contributed by atoms with Crippen LogP contribution in [0.3, 0.4) is 0 Å². The van der Waals surface area contributed by atoms with Crippen LogP contribution >= 0.6 is 21.6 Å². The molecule has 9 nitrogen and oxygen atoms in total. The van der Waals surface area contributed by atoms with Gasteiger partial charge < -0.3 is 26.0 Å². The highest BCUT2D eigenvalue weighted by molar-refractivity contribution is 8.77. The van der Waals surface area contributed by atoms with Gasteiger partial charge in [0.25, 0.3) is 0 Å². The minimum atomic E-state index is -1.39. The first-order valence-electron chi connectivity index (χ1n) is 8.93. The molecule has 1 fully saturated rings. The summed E-state index contributed by atoms with van der Waals surface area (Å²) in [5, 5.41) is 33.0. The second kappa shape index (κ2) is 11.0. The van der Waals surface area contributed by atoms with Crippen LogP contribution in [-0.2, 0) is 14.4 Å². The van der Waals surface area contributed by atoms with Gasteiger partial charge in [-0.15, -0.1) is 0 Å². The monoisotopic (exact) mass is 442 g/mol. The van der Waals surface area contributed by atoms with Crippen molar-refractivity contribution < 1.29 is 34.5 Å². The summed E-state index contributed by atoms with van der Waals surface area (Å²) >= 11 is 0. The lowest BCUT2D eigenvalue weighted by Gasteiger charge is -2.15. The molecule has 2 amide bonds. The number of amides is 2. The van der Waals surface area contributed by atoms with Crippen molar-refractivity contribution in [3.63, 3.8) is 0 Å². The van der Waals surface area contributed by atoms with E-state index >= 15 is 0 Å². The number of carbonyl (C=O) groups excluding carboxylic acids is 2. The number of aromatic carboxylic acids is 1. The molecule has 2 rings (SSSR count). The lowest BCUT2D eigenvalue weighted by atomic mass is 10.1. The molecule has 2 atom stereocenters. The van der Waals surface area contributed by atoms with E-state index in [2.05, 4.69) is 10.6 Å². The Balaban J connectivity index is 1.84. The van der Waals surface area contributed by atoms with Crippen molar-refractivity contribution >= 4 is 51.0 Å². The van der Waals surface area contributed by atoms with Gasteiger partial charge in [-0.3, -0.25) is 9.59 Å². The molecule has 1 aliphatic heterocycles. The number of anilines is 1. The van der Waals surface area contributed by atoms with E-state index in [1.807, 2.05) is 21.6 Å². The molecule has 0 aliphatic carbocycles. The number of hydrogen-bond acceptors (Lipinski definition) is 7. The molecule has 1 saturated heterocycles. The molecule has 11 heteroatoms. The normalized spacial score (nSPS) is 16.8. The molecule has 0 radical (unpaired) electrons. The Kier molecular flexibility index (Phi) is 8.65. The summed E-state index contributed by atoms with van der Waals surface area (Å²) in [6.07, 6.45) is 2.31. The van der Waals surface area contributed by atoms with Gasteiger partial charge in [0.15, 0.2) is 0 Å². The molecule has 1 aromatic rings. The third-order valence-electron chi connectivity index (χ3n) is 4.19. The number of carboxylic acid groups (broad SMARTS) is 2. The fourth-order valence-electron chi connectivity index (χ4n) is 2.70. The molecule has 1 aromatic carbocycles. The zero-order chi connectivity index (χ0) is 21.4. The molecule has 1 heterocycles. The van der Waals surface area contributed by atoms with Crippen molar-refractivity contribution in [1.82, 2.24) is 5.32 Å². The van der Waals surface area contributed by atoms with Gasteiger partial charge in [-0.05, 0) is 37.5 Å². The standard InChI is InChI=1S/C18H22N2O7S2/c21-14-5-4-10(8-12(14)17(24)25)19-16(23)9-13(18(26)27)20-15(22)3-1-2-11-6-7-28-29-11/h4-5,8,11,13,21H,1-3,6-7,9H2,(H,19,23)(H,20,22)(H,24,25)(H,26,27). The SMILES string of the molecule is O=C(CC(NC(=O)CCCC1CCSS1)C(=O)O)Nc1ccc(O)c(C(=O)O)c1. The fourth-order valence-corrected chi connectivity index (χ4v) is 5.73. The molecule has 29 heavy (non-hydrogen) atoms. The summed E-state index contributed by atoms with van der Waals surface area (Å²) < 4.78 is 0. The fraction of sp³-hybridized carbons (Fsp3) is 0.444. The average molecular weight is 443 g/mol. The van der Waals surface area contributed by atoms with Crippen molar-refractivity contribution in [1.29, 1.82) is 0 Å². The maximum absolute atomic E-state index is 12.1. The van der Waals surface area contributed by atoms with Crippen molar-refractivity contribution in [3.05, 3.63) is 23.8 Å². The van der Waals surface area contributed by atoms with E-state index in [9.17, 15) is 29.4 Å². The van der Waals surface area contributed by atoms with Crippen LogP contribution < -0.4 is 10.6 Å². The highest BCUT2D eigenvalue weighted by Crippen LogP contribution is 2.39. The second-order valence-electron chi connectivity index (χ2n) is 6.47. The molecule has 2 unspecified atom stereocenters. The van der Waals surface area contributed by atoms with Crippen LogP contribution in [0.4, 0.5) is 5.69 Å². The smallest absolute Gasteiger partial charge is 0.339 e. The highest BCUT2D eigenvalue weighted by Gasteiger charge is 2.24. The highest BCUT2D eigenvalue weighted by atomic mass is 33.1. The van der Waals surface area contributed by atoms with Gasteiger partial charge in [-0.2, -0.15) is 0 Å². The van der Waals surface area contributed by atoms with Gasteiger partial charge in [-0.1, -0.05) is 21.6 Å². The average Bonchev–Trinajstić information content (AvgIpc) is 3.16. The minimum Gasteiger partial charge on any atom is -0.507 e. The number of hydrogen-bond donors (Lipinski definition) is 5. The summed E-state index contributed by atoms with van der Waals surface area (Å²) in [7, 11) is 3.62.